The van der Waals surface area contributed by atoms with E-state index < -0.39 is 0 Å². The minimum atomic E-state index is -0.227. The monoisotopic (exact) mass is 424 g/mol. The molecule has 2 aromatic heterocycles. The maximum absolute atomic E-state index is 13.6. The first-order chi connectivity index (χ1) is 14.4. The standard InChI is InChI=1S/C23H25FN4OS/c1-4-19-12-21(18-5-6-20(24)15(2)11-18)26-28(19)14-22(29)27-9-7-17(8-10-27)23-25-13-16(3)30-23/h5-7,11-13H,4,8-10,14H2,1-3H3. The second kappa shape index (κ2) is 8.52. The molecule has 1 amide bonds. The van der Waals surface area contributed by atoms with Crippen molar-refractivity contribution in [1.29, 1.82) is 0 Å². The van der Waals surface area contributed by atoms with Crippen molar-refractivity contribution in [3.63, 3.8) is 0 Å². The van der Waals surface area contributed by atoms with Crippen LogP contribution in [0, 0.1) is 19.7 Å². The zero-order chi connectivity index (χ0) is 21.3. The molecule has 0 N–H and O–H groups in total. The second-order valence-corrected chi connectivity index (χ2v) is 8.83. The summed E-state index contributed by atoms with van der Waals surface area (Å²) in [5.74, 6) is -0.172. The number of nitrogens with zero attached hydrogens (tertiary/aromatic N) is 4. The molecule has 0 saturated carbocycles. The zero-order valence-corrected chi connectivity index (χ0v) is 18.3. The van der Waals surface area contributed by atoms with Gasteiger partial charge in [0.2, 0.25) is 5.91 Å². The summed E-state index contributed by atoms with van der Waals surface area (Å²) in [7, 11) is 0. The number of hydrogen-bond donors (Lipinski definition) is 0. The van der Waals surface area contributed by atoms with Crippen LogP contribution in [0.1, 0.15) is 34.5 Å². The summed E-state index contributed by atoms with van der Waals surface area (Å²) < 4.78 is 15.4. The lowest BCUT2D eigenvalue weighted by atomic mass is 10.1. The smallest absolute Gasteiger partial charge is 0.244 e. The van der Waals surface area contributed by atoms with Crippen molar-refractivity contribution < 1.29 is 9.18 Å². The molecule has 1 aliphatic rings. The van der Waals surface area contributed by atoms with Crippen molar-refractivity contribution in [2.45, 2.75) is 40.2 Å². The van der Waals surface area contributed by atoms with Gasteiger partial charge in [0.15, 0.2) is 0 Å². The first-order valence-corrected chi connectivity index (χ1v) is 11.0. The maximum Gasteiger partial charge on any atom is 0.244 e. The van der Waals surface area contributed by atoms with E-state index >= 15 is 0 Å². The van der Waals surface area contributed by atoms with Crippen LogP contribution in [0.3, 0.4) is 0 Å². The van der Waals surface area contributed by atoms with E-state index in [-0.39, 0.29) is 18.3 Å². The van der Waals surface area contributed by atoms with Crippen molar-refractivity contribution in [2.24, 2.45) is 0 Å². The fourth-order valence-electron chi connectivity index (χ4n) is 3.64. The van der Waals surface area contributed by atoms with Crippen LogP contribution < -0.4 is 0 Å². The molecule has 0 bridgehead atoms. The molecular formula is C23H25FN4OS. The van der Waals surface area contributed by atoms with Crippen molar-refractivity contribution in [1.82, 2.24) is 19.7 Å². The molecule has 4 rings (SSSR count). The number of rotatable bonds is 5. The molecule has 0 radical (unpaired) electrons. The summed E-state index contributed by atoms with van der Waals surface area (Å²) in [6.07, 6.45) is 5.59. The predicted molar refractivity (Wildman–Crippen MR) is 118 cm³/mol. The van der Waals surface area contributed by atoms with E-state index in [1.807, 2.05) is 24.1 Å². The van der Waals surface area contributed by atoms with Gasteiger partial charge in [0, 0.05) is 35.4 Å². The molecule has 3 aromatic rings. The Hall–Kier alpha value is -2.80. The van der Waals surface area contributed by atoms with Gasteiger partial charge in [0.05, 0.1) is 5.69 Å². The maximum atomic E-state index is 13.6. The fraction of sp³-hybridized carbons (Fsp3) is 0.348. The van der Waals surface area contributed by atoms with Gasteiger partial charge in [-0.1, -0.05) is 13.0 Å². The Kier molecular flexibility index (Phi) is 5.81. The average Bonchev–Trinajstić information content (AvgIpc) is 3.36. The number of halogens is 1. The Morgan fingerprint density at radius 3 is 2.73 bits per heavy atom. The lowest BCUT2D eigenvalue weighted by Crippen LogP contribution is -2.37. The van der Waals surface area contributed by atoms with E-state index in [2.05, 4.69) is 23.1 Å². The van der Waals surface area contributed by atoms with Gasteiger partial charge in [-0.3, -0.25) is 9.48 Å². The lowest BCUT2D eigenvalue weighted by Gasteiger charge is -2.26. The van der Waals surface area contributed by atoms with Gasteiger partial charge in [0.25, 0.3) is 0 Å². The third-order valence-electron chi connectivity index (χ3n) is 5.42. The van der Waals surface area contributed by atoms with Gasteiger partial charge in [0.1, 0.15) is 17.4 Å². The molecule has 5 nitrogen and oxygen atoms in total. The number of carbonyl (C=O) groups is 1. The molecule has 0 fully saturated rings. The largest absolute Gasteiger partial charge is 0.337 e. The van der Waals surface area contributed by atoms with Crippen LogP contribution in [0.25, 0.3) is 16.8 Å². The molecule has 0 unspecified atom stereocenters. The molecule has 7 heteroatoms. The Labute approximate surface area is 179 Å². The highest BCUT2D eigenvalue weighted by Crippen LogP contribution is 2.26. The number of aryl methyl sites for hydroxylation is 3. The highest BCUT2D eigenvalue weighted by molar-refractivity contribution is 7.12. The summed E-state index contributed by atoms with van der Waals surface area (Å²) in [5, 5.41) is 5.70. The van der Waals surface area contributed by atoms with Crippen molar-refractivity contribution in [3.05, 3.63) is 63.5 Å². The molecule has 156 valence electrons. The van der Waals surface area contributed by atoms with Gasteiger partial charge in [-0.2, -0.15) is 5.10 Å². The molecule has 1 aliphatic heterocycles. The number of thiazole rings is 1. The van der Waals surface area contributed by atoms with Gasteiger partial charge >= 0.3 is 0 Å². The highest BCUT2D eigenvalue weighted by Gasteiger charge is 2.21. The average molecular weight is 425 g/mol. The second-order valence-electron chi connectivity index (χ2n) is 7.59. The van der Waals surface area contributed by atoms with E-state index in [9.17, 15) is 9.18 Å². The van der Waals surface area contributed by atoms with E-state index in [1.54, 1.807) is 35.1 Å². The van der Waals surface area contributed by atoms with Gasteiger partial charge < -0.3 is 4.90 Å². The Bertz CT molecular complexity index is 1110. The minimum absolute atomic E-state index is 0.0558. The molecule has 3 heterocycles. The van der Waals surface area contributed by atoms with Crippen LogP contribution in [0.2, 0.25) is 0 Å². The van der Waals surface area contributed by atoms with Crippen molar-refractivity contribution in [2.75, 3.05) is 13.1 Å². The summed E-state index contributed by atoms with van der Waals surface area (Å²) in [6, 6.07) is 6.97. The van der Waals surface area contributed by atoms with Crippen molar-refractivity contribution >= 4 is 22.8 Å². The minimum Gasteiger partial charge on any atom is -0.337 e. The topological polar surface area (TPSA) is 51.0 Å². The number of amides is 1. The van der Waals surface area contributed by atoms with Crippen LogP contribution in [-0.4, -0.2) is 38.7 Å². The third kappa shape index (κ3) is 4.21. The van der Waals surface area contributed by atoms with Gasteiger partial charge in [-0.05, 0) is 62.1 Å². The molecule has 0 spiro atoms. The summed E-state index contributed by atoms with van der Waals surface area (Å²) >= 11 is 1.69. The number of aromatic nitrogens is 3. The number of carbonyl (C=O) groups excluding carboxylic acids is 1. The lowest BCUT2D eigenvalue weighted by molar-refractivity contribution is -0.131. The summed E-state index contributed by atoms with van der Waals surface area (Å²) in [4.78, 5) is 20.4. The highest BCUT2D eigenvalue weighted by atomic mass is 32.1. The summed E-state index contributed by atoms with van der Waals surface area (Å²) in [5.41, 5.74) is 4.43. The predicted octanol–water partition coefficient (Wildman–Crippen LogP) is 4.64. The summed E-state index contributed by atoms with van der Waals surface area (Å²) in [6.45, 7) is 7.34. The molecular weight excluding hydrogens is 399 g/mol. The molecule has 0 aliphatic carbocycles. The van der Waals surface area contributed by atoms with Crippen LogP contribution >= 0.6 is 11.3 Å². The molecule has 0 atom stereocenters. The first kappa shape index (κ1) is 20.5. The number of benzene rings is 1. The normalized spacial score (nSPS) is 14.1. The molecule has 30 heavy (non-hydrogen) atoms. The van der Waals surface area contributed by atoms with Gasteiger partial charge in [-0.25, -0.2) is 9.37 Å². The van der Waals surface area contributed by atoms with Crippen LogP contribution in [0.4, 0.5) is 4.39 Å². The number of hydrogen-bond acceptors (Lipinski definition) is 4. The van der Waals surface area contributed by atoms with Crippen LogP contribution in [0.15, 0.2) is 36.5 Å². The van der Waals surface area contributed by atoms with E-state index in [0.29, 0.717) is 18.7 Å². The zero-order valence-electron chi connectivity index (χ0n) is 17.5. The van der Waals surface area contributed by atoms with Crippen LogP contribution in [-0.2, 0) is 17.8 Å². The Morgan fingerprint density at radius 1 is 1.27 bits per heavy atom. The van der Waals surface area contributed by atoms with E-state index in [1.165, 1.54) is 16.5 Å². The fourth-order valence-corrected chi connectivity index (χ4v) is 4.48. The van der Waals surface area contributed by atoms with E-state index in [0.717, 1.165) is 34.8 Å². The Balaban J connectivity index is 1.47. The quantitative estimate of drug-likeness (QED) is 0.600. The van der Waals surface area contributed by atoms with Crippen molar-refractivity contribution in [3.8, 4) is 11.3 Å². The molecule has 1 aromatic carbocycles. The molecule has 0 saturated heterocycles. The van der Waals surface area contributed by atoms with Gasteiger partial charge in [-0.15, -0.1) is 11.3 Å². The Morgan fingerprint density at radius 2 is 2.10 bits per heavy atom. The first-order valence-electron chi connectivity index (χ1n) is 10.2. The van der Waals surface area contributed by atoms with E-state index in [4.69, 9.17) is 0 Å². The SMILES string of the molecule is CCc1cc(-c2ccc(F)c(C)c2)nn1CC(=O)N1CC=C(c2ncc(C)s2)CC1. The third-order valence-corrected chi connectivity index (χ3v) is 6.41. The van der Waals surface area contributed by atoms with Crippen LogP contribution in [0.5, 0.6) is 0 Å².